The third-order valence-corrected chi connectivity index (χ3v) is 4.41. The standard InChI is InChI=1S/C17H20FN3O4/c1-2-25-17(24)21-7-5-20(6-8-21)15(16(22)23)13-10-19-14-9-11(18)3-4-12(13)14/h3-4,9-10,15,19H,2,5-8H2,1H3,(H,22,23)/t15-/m0/s1. The van der Waals surface area contributed by atoms with E-state index in [4.69, 9.17) is 4.74 Å². The first-order chi connectivity index (χ1) is 12.0. The minimum atomic E-state index is -0.977. The van der Waals surface area contributed by atoms with Crippen molar-refractivity contribution in [3.05, 3.63) is 35.8 Å². The lowest BCUT2D eigenvalue weighted by Crippen LogP contribution is -2.51. The van der Waals surface area contributed by atoms with Crippen molar-refractivity contribution in [2.45, 2.75) is 13.0 Å². The van der Waals surface area contributed by atoms with E-state index < -0.39 is 12.0 Å². The minimum Gasteiger partial charge on any atom is -0.480 e. The topological polar surface area (TPSA) is 85.9 Å². The molecule has 0 radical (unpaired) electrons. The zero-order valence-electron chi connectivity index (χ0n) is 13.9. The number of carboxylic acids is 1. The van der Waals surface area contributed by atoms with E-state index in [1.54, 1.807) is 24.1 Å². The molecule has 1 aromatic heterocycles. The first kappa shape index (κ1) is 17.2. The molecule has 3 rings (SSSR count). The van der Waals surface area contributed by atoms with Gasteiger partial charge in [-0.25, -0.2) is 9.18 Å². The fraction of sp³-hybridized carbons (Fsp3) is 0.412. The van der Waals surface area contributed by atoms with Crippen LogP contribution in [-0.4, -0.2) is 64.7 Å². The molecule has 0 saturated carbocycles. The molecule has 1 aliphatic heterocycles. The van der Waals surface area contributed by atoms with Crippen molar-refractivity contribution in [3.63, 3.8) is 0 Å². The third-order valence-electron chi connectivity index (χ3n) is 4.41. The van der Waals surface area contributed by atoms with Gasteiger partial charge >= 0.3 is 12.1 Å². The van der Waals surface area contributed by atoms with Crippen molar-refractivity contribution in [1.82, 2.24) is 14.8 Å². The van der Waals surface area contributed by atoms with E-state index >= 15 is 0 Å². The van der Waals surface area contributed by atoms with Crippen LogP contribution >= 0.6 is 0 Å². The number of fused-ring (bicyclic) bond motifs is 1. The number of nitrogens with one attached hydrogen (secondary N) is 1. The van der Waals surface area contributed by atoms with Gasteiger partial charge in [0.15, 0.2) is 0 Å². The van der Waals surface area contributed by atoms with Crippen molar-refractivity contribution in [1.29, 1.82) is 0 Å². The van der Waals surface area contributed by atoms with Crippen molar-refractivity contribution >= 4 is 23.0 Å². The molecule has 1 atom stereocenters. The highest BCUT2D eigenvalue weighted by Crippen LogP contribution is 2.30. The Morgan fingerprint density at radius 2 is 2.04 bits per heavy atom. The quantitative estimate of drug-likeness (QED) is 0.884. The van der Waals surface area contributed by atoms with Crippen LogP contribution in [-0.2, 0) is 9.53 Å². The van der Waals surface area contributed by atoms with Crippen LogP contribution in [0, 0.1) is 5.82 Å². The first-order valence-corrected chi connectivity index (χ1v) is 8.16. The number of halogens is 1. The molecular weight excluding hydrogens is 329 g/mol. The molecule has 1 fully saturated rings. The number of aromatic nitrogens is 1. The lowest BCUT2D eigenvalue weighted by Gasteiger charge is -2.37. The maximum atomic E-state index is 13.3. The molecule has 2 N–H and O–H groups in total. The number of carboxylic acid groups (broad SMARTS) is 1. The number of piperazine rings is 1. The number of amides is 1. The smallest absolute Gasteiger partial charge is 0.409 e. The summed E-state index contributed by atoms with van der Waals surface area (Å²) in [6, 6.07) is 3.39. The summed E-state index contributed by atoms with van der Waals surface area (Å²) in [5.41, 5.74) is 1.15. The highest BCUT2D eigenvalue weighted by molar-refractivity contribution is 5.89. The molecule has 2 heterocycles. The zero-order valence-corrected chi connectivity index (χ0v) is 13.9. The summed E-state index contributed by atoms with van der Waals surface area (Å²) in [7, 11) is 0. The van der Waals surface area contributed by atoms with Crippen LogP contribution in [0.1, 0.15) is 18.5 Å². The van der Waals surface area contributed by atoms with Gasteiger partial charge in [0, 0.05) is 48.8 Å². The van der Waals surface area contributed by atoms with Crippen LogP contribution < -0.4 is 0 Å². The van der Waals surface area contributed by atoms with Crippen LogP contribution in [0.5, 0.6) is 0 Å². The molecule has 134 valence electrons. The average molecular weight is 349 g/mol. The van der Waals surface area contributed by atoms with Crippen molar-refractivity contribution in [3.8, 4) is 0 Å². The predicted molar refractivity (Wildman–Crippen MR) is 88.8 cm³/mol. The Bertz CT molecular complexity index is 783. The number of nitrogens with zero attached hydrogens (tertiary/aromatic N) is 2. The Labute approximate surface area is 144 Å². The van der Waals surface area contributed by atoms with Gasteiger partial charge in [-0.2, -0.15) is 0 Å². The largest absolute Gasteiger partial charge is 0.480 e. The molecule has 1 amide bonds. The highest BCUT2D eigenvalue weighted by Gasteiger charge is 2.33. The summed E-state index contributed by atoms with van der Waals surface area (Å²) in [5, 5.41) is 10.4. The molecule has 0 spiro atoms. The van der Waals surface area contributed by atoms with E-state index in [0.717, 1.165) is 0 Å². The molecular formula is C17H20FN3O4. The molecule has 7 nitrogen and oxygen atoms in total. The Kier molecular flexibility index (Phi) is 4.89. The average Bonchev–Trinajstić information content (AvgIpc) is 2.98. The normalized spacial score (nSPS) is 16.8. The first-order valence-electron chi connectivity index (χ1n) is 8.16. The molecule has 2 aromatic rings. The second-order valence-corrected chi connectivity index (χ2v) is 5.90. The van der Waals surface area contributed by atoms with Crippen molar-refractivity contribution < 1.29 is 23.8 Å². The fourth-order valence-corrected chi connectivity index (χ4v) is 3.21. The Morgan fingerprint density at radius 1 is 1.32 bits per heavy atom. The summed E-state index contributed by atoms with van der Waals surface area (Å²) in [4.78, 5) is 30.0. The van der Waals surface area contributed by atoms with Crippen LogP contribution in [0.4, 0.5) is 9.18 Å². The van der Waals surface area contributed by atoms with Gasteiger partial charge in [0.2, 0.25) is 0 Å². The molecule has 1 aliphatic rings. The van der Waals surface area contributed by atoms with Crippen LogP contribution in [0.25, 0.3) is 10.9 Å². The number of aromatic amines is 1. The molecule has 25 heavy (non-hydrogen) atoms. The summed E-state index contributed by atoms with van der Waals surface area (Å²) >= 11 is 0. The Morgan fingerprint density at radius 3 is 2.68 bits per heavy atom. The SMILES string of the molecule is CCOC(=O)N1CCN([C@H](C(=O)O)c2c[nH]c3cc(F)ccc23)CC1. The minimum absolute atomic E-state index is 0.308. The van der Waals surface area contributed by atoms with E-state index in [2.05, 4.69) is 4.98 Å². The van der Waals surface area contributed by atoms with Gasteiger partial charge in [-0.05, 0) is 25.1 Å². The van der Waals surface area contributed by atoms with E-state index in [-0.39, 0.29) is 11.9 Å². The van der Waals surface area contributed by atoms with Crippen molar-refractivity contribution in [2.24, 2.45) is 0 Å². The monoisotopic (exact) mass is 349 g/mol. The van der Waals surface area contributed by atoms with Gasteiger partial charge in [0.05, 0.1) is 6.61 Å². The maximum Gasteiger partial charge on any atom is 0.409 e. The van der Waals surface area contributed by atoms with E-state index in [1.165, 1.54) is 12.1 Å². The number of hydrogen-bond acceptors (Lipinski definition) is 4. The number of ether oxygens (including phenoxy) is 1. The molecule has 8 heteroatoms. The van der Waals surface area contributed by atoms with Crippen molar-refractivity contribution in [2.75, 3.05) is 32.8 Å². The molecule has 0 bridgehead atoms. The molecule has 1 saturated heterocycles. The Hall–Kier alpha value is -2.61. The number of rotatable bonds is 4. The van der Waals surface area contributed by atoms with Crippen LogP contribution in [0.2, 0.25) is 0 Å². The van der Waals surface area contributed by atoms with Gasteiger partial charge in [0.25, 0.3) is 0 Å². The zero-order chi connectivity index (χ0) is 18.0. The second kappa shape index (κ2) is 7.10. The number of H-pyrrole nitrogens is 1. The summed E-state index contributed by atoms with van der Waals surface area (Å²) in [6.45, 7) is 3.70. The number of carbonyl (C=O) groups is 2. The number of aliphatic carboxylic acids is 1. The fourth-order valence-electron chi connectivity index (χ4n) is 3.21. The summed E-state index contributed by atoms with van der Waals surface area (Å²) in [6.07, 6.45) is 1.23. The van der Waals surface area contributed by atoms with Gasteiger partial charge in [-0.1, -0.05) is 0 Å². The third kappa shape index (κ3) is 3.43. The summed E-state index contributed by atoms with van der Waals surface area (Å²) < 4.78 is 18.3. The second-order valence-electron chi connectivity index (χ2n) is 5.90. The number of hydrogen-bond donors (Lipinski definition) is 2. The van der Waals surface area contributed by atoms with E-state index in [9.17, 15) is 19.1 Å². The van der Waals surface area contributed by atoms with E-state index in [0.29, 0.717) is 49.3 Å². The maximum absolute atomic E-state index is 13.3. The van der Waals surface area contributed by atoms with Gasteiger partial charge in [-0.15, -0.1) is 0 Å². The predicted octanol–water partition coefficient (Wildman–Crippen LogP) is 2.21. The number of carbonyl (C=O) groups excluding carboxylic acids is 1. The molecule has 1 aromatic carbocycles. The van der Waals surface area contributed by atoms with E-state index in [1.807, 2.05) is 4.90 Å². The van der Waals surface area contributed by atoms with Gasteiger partial charge < -0.3 is 19.7 Å². The van der Waals surface area contributed by atoms with Crippen LogP contribution in [0.15, 0.2) is 24.4 Å². The molecule has 0 aliphatic carbocycles. The Balaban J connectivity index is 1.80. The van der Waals surface area contributed by atoms with Gasteiger partial charge in [0.1, 0.15) is 11.9 Å². The molecule has 0 unspecified atom stereocenters. The van der Waals surface area contributed by atoms with Crippen LogP contribution in [0.3, 0.4) is 0 Å². The van der Waals surface area contributed by atoms with Gasteiger partial charge in [-0.3, -0.25) is 9.69 Å². The lowest BCUT2D eigenvalue weighted by molar-refractivity contribution is -0.144. The lowest BCUT2D eigenvalue weighted by atomic mass is 10.0. The summed E-state index contributed by atoms with van der Waals surface area (Å²) in [5.74, 6) is -1.36. The number of benzene rings is 1. The highest BCUT2D eigenvalue weighted by atomic mass is 19.1.